The average Bonchev–Trinajstić information content (AvgIpc) is 2.48. The number of rotatable bonds is 5. The first kappa shape index (κ1) is 14.9. The summed E-state index contributed by atoms with van der Waals surface area (Å²) in [7, 11) is 0. The highest BCUT2D eigenvalue weighted by Crippen LogP contribution is 2.14. The van der Waals surface area contributed by atoms with Gasteiger partial charge in [0, 0.05) is 24.6 Å². The summed E-state index contributed by atoms with van der Waals surface area (Å²) in [4.78, 5) is 28.0. The minimum Gasteiger partial charge on any atom is -0.311 e. The van der Waals surface area contributed by atoms with Gasteiger partial charge in [-0.2, -0.15) is 0 Å². The molecule has 4 nitrogen and oxygen atoms in total. The molecule has 1 aromatic heterocycles. The number of nitrogens with one attached hydrogen (secondary N) is 1. The second kappa shape index (κ2) is 6.79. The Hall–Kier alpha value is -2.49. The number of anilines is 1. The molecule has 1 heterocycles. The number of carbonyl (C=O) groups excluding carboxylic acids is 2. The predicted octanol–water partition coefficient (Wildman–Crippen LogP) is 3.30. The van der Waals surface area contributed by atoms with Gasteiger partial charge in [-0.15, -0.1) is 0 Å². The number of nitrogens with zero attached hydrogens (tertiary/aromatic N) is 1. The lowest BCUT2D eigenvalue weighted by molar-refractivity contribution is -0.116. The summed E-state index contributed by atoms with van der Waals surface area (Å²) < 4.78 is 0. The van der Waals surface area contributed by atoms with E-state index in [1.807, 2.05) is 32.0 Å². The molecule has 0 atom stereocenters. The van der Waals surface area contributed by atoms with Crippen LogP contribution in [0.15, 0.2) is 42.6 Å². The molecule has 1 aromatic carbocycles. The number of aryl methyl sites for hydroxylation is 2. The number of pyridine rings is 1. The Morgan fingerprint density at radius 1 is 1.10 bits per heavy atom. The van der Waals surface area contributed by atoms with Crippen LogP contribution in [0.2, 0.25) is 0 Å². The number of ketones is 1. The van der Waals surface area contributed by atoms with Gasteiger partial charge in [0.2, 0.25) is 5.91 Å². The molecular formula is C17H18N2O2. The van der Waals surface area contributed by atoms with Crippen molar-refractivity contribution in [2.75, 3.05) is 5.32 Å². The zero-order chi connectivity index (χ0) is 15.2. The van der Waals surface area contributed by atoms with Crippen LogP contribution in [0, 0.1) is 13.8 Å². The van der Waals surface area contributed by atoms with Crippen LogP contribution in [0.3, 0.4) is 0 Å². The van der Waals surface area contributed by atoms with Crippen molar-refractivity contribution in [2.24, 2.45) is 0 Å². The topological polar surface area (TPSA) is 59.1 Å². The maximum absolute atomic E-state index is 12.2. The van der Waals surface area contributed by atoms with Crippen LogP contribution in [-0.2, 0) is 4.79 Å². The number of Topliss-reactive ketones (excluding diaryl/α,β-unsaturated/α-hetero) is 1. The van der Waals surface area contributed by atoms with Crippen LogP contribution in [0.5, 0.6) is 0 Å². The van der Waals surface area contributed by atoms with Crippen LogP contribution in [0.25, 0.3) is 0 Å². The molecular weight excluding hydrogens is 264 g/mol. The Morgan fingerprint density at radius 2 is 1.90 bits per heavy atom. The van der Waals surface area contributed by atoms with Crippen molar-refractivity contribution in [1.82, 2.24) is 4.98 Å². The van der Waals surface area contributed by atoms with E-state index in [4.69, 9.17) is 0 Å². The standard InChI is InChI=1S/C17H18N2O2/c1-12-6-7-13(2)14(11-12)15(20)8-9-17(21)19-16-5-3-4-10-18-16/h3-7,10-11H,8-9H2,1-2H3,(H,18,19,21). The first-order valence-corrected chi connectivity index (χ1v) is 6.87. The maximum Gasteiger partial charge on any atom is 0.225 e. The molecule has 108 valence electrons. The van der Waals surface area contributed by atoms with E-state index >= 15 is 0 Å². The average molecular weight is 282 g/mol. The Labute approximate surface area is 124 Å². The molecule has 0 aliphatic heterocycles. The van der Waals surface area contributed by atoms with E-state index in [-0.39, 0.29) is 24.5 Å². The molecule has 0 bridgehead atoms. The van der Waals surface area contributed by atoms with Crippen LogP contribution in [0.1, 0.15) is 34.3 Å². The SMILES string of the molecule is Cc1ccc(C)c(C(=O)CCC(=O)Nc2ccccn2)c1. The quantitative estimate of drug-likeness (QED) is 0.856. The van der Waals surface area contributed by atoms with Crippen molar-refractivity contribution in [2.45, 2.75) is 26.7 Å². The second-order valence-electron chi connectivity index (χ2n) is 5.00. The first-order chi connectivity index (χ1) is 10.1. The minimum absolute atomic E-state index is 0.00706. The Balaban J connectivity index is 1.92. The summed E-state index contributed by atoms with van der Waals surface area (Å²) in [6, 6.07) is 11.1. The number of hydrogen-bond donors (Lipinski definition) is 1. The van der Waals surface area contributed by atoms with Gasteiger partial charge in [-0.1, -0.05) is 23.8 Å². The molecule has 0 saturated carbocycles. The summed E-state index contributed by atoms with van der Waals surface area (Å²) in [6.45, 7) is 3.85. The molecule has 0 spiro atoms. The van der Waals surface area contributed by atoms with Crippen LogP contribution in [0.4, 0.5) is 5.82 Å². The van der Waals surface area contributed by atoms with E-state index in [0.717, 1.165) is 11.1 Å². The van der Waals surface area contributed by atoms with E-state index in [9.17, 15) is 9.59 Å². The fourth-order valence-electron chi connectivity index (χ4n) is 2.04. The summed E-state index contributed by atoms with van der Waals surface area (Å²) in [6.07, 6.45) is 1.96. The summed E-state index contributed by atoms with van der Waals surface area (Å²) >= 11 is 0. The van der Waals surface area contributed by atoms with Gasteiger partial charge in [0.15, 0.2) is 5.78 Å². The van der Waals surface area contributed by atoms with Gasteiger partial charge in [0.25, 0.3) is 0 Å². The molecule has 0 saturated heterocycles. The van der Waals surface area contributed by atoms with E-state index in [1.165, 1.54) is 0 Å². The predicted molar refractivity (Wildman–Crippen MR) is 82.3 cm³/mol. The number of amides is 1. The molecule has 1 N–H and O–H groups in total. The zero-order valence-electron chi connectivity index (χ0n) is 12.2. The van der Waals surface area contributed by atoms with Crippen molar-refractivity contribution in [3.05, 3.63) is 59.3 Å². The van der Waals surface area contributed by atoms with Crippen LogP contribution >= 0.6 is 0 Å². The first-order valence-electron chi connectivity index (χ1n) is 6.87. The number of aromatic nitrogens is 1. The van der Waals surface area contributed by atoms with E-state index in [1.54, 1.807) is 24.4 Å². The third-order valence-corrected chi connectivity index (χ3v) is 3.20. The van der Waals surface area contributed by atoms with Crippen molar-refractivity contribution in [1.29, 1.82) is 0 Å². The summed E-state index contributed by atoms with van der Waals surface area (Å²) in [5, 5.41) is 2.67. The van der Waals surface area contributed by atoms with Gasteiger partial charge >= 0.3 is 0 Å². The van der Waals surface area contributed by atoms with Crippen LogP contribution in [-0.4, -0.2) is 16.7 Å². The highest BCUT2D eigenvalue weighted by Gasteiger charge is 2.12. The Bertz CT molecular complexity index is 651. The van der Waals surface area contributed by atoms with E-state index < -0.39 is 0 Å². The lowest BCUT2D eigenvalue weighted by atomic mass is 9.99. The number of carbonyl (C=O) groups is 2. The van der Waals surface area contributed by atoms with Crippen molar-refractivity contribution >= 4 is 17.5 Å². The van der Waals surface area contributed by atoms with Gasteiger partial charge in [-0.25, -0.2) is 4.98 Å². The fraction of sp³-hybridized carbons (Fsp3) is 0.235. The Kier molecular flexibility index (Phi) is 4.82. The molecule has 2 rings (SSSR count). The van der Waals surface area contributed by atoms with Gasteiger partial charge in [0.1, 0.15) is 5.82 Å². The third kappa shape index (κ3) is 4.24. The van der Waals surface area contributed by atoms with Gasteiger partial charge in [-0.3, -0.25) is 9.59 Å². The van der Waals surface area contributed by atoms with Gasteiger partial charge < -0.3 is 5.32 Å². The Morgan fingerprint density at radius 3 is 2.62 bits per heavy atom. The summed E-state index contributed by atoms with van der Waals surface area (Å²) in [5.74, 6) is 0.293. The molecule has 0 aliphatic carbocycles. The molecule has 0 fully saturated rings. The molecule has 0 aliphatic rings. The van der Waals surface area contributed by atoms with E-state index in [2.05, 4.69) is 10.3 Å². The zero-order valence-corrected chi connectivity index (χ0v) is 12.2. The molecule has 2 aromatic rings. The van der Waals surface area contributed by atoms with Gasteiger partial charge in [0.05, 0.1) is 0 Å². The van der Waals surface area contributed by atoms with E-state index in [0.29, 0.717) is 11.4 Å². The normalized spacial score (nSPS) is 10.2. The number of benzene rings is 1. The monoisotopic (exact) mass is 282 g/mol. The lowest BCUT2D eigenvalue weighted by Crippen LogP contribution is -2.14. The van der Waals surface area contributed by atoms with Crippen molar-refractivity contribution in [3.8, 4) is 0 Å². The molecule has 1 amide bonds. The van der Waals surface area contributed by atoms with Crippen molar-refractivity contribution < 1.29 is 9.59 Å². The molecule has 21 heavy (non-hydrogen) atoms. The highest BCUT2D eigenvalue weighted by atomic mass is 16.2. The fourth-order valence-corrected chi connectivity index (χ4v) is 2.04. The smallest absolute Gasteiger partial charge is 0.225 e. The second-order valence-corrected chi connectivity index (χ2v) is 5.00. The lowest BCUT2D eigenvalue weighted by Gasteiger charge is -2.07. The minimum atomic E-state index is -0.202. The van der Waals surface area contributed by atoms with Crippen LogP contribution < -0.4 is 5.32 Å². The maximum atomic E-state index is 12.2. The third-order valence-electron chi connectivity index (χ3n) is 3.20. The van der Waals surface area contributed by atoms with Crippen molar-refractivity contribution in [3.63, 3.8) is 0 Å². The summed E-state index contributed by atoms with van der Waals surface area (Å²) in [5.41, 5.74) is 2.68. The largest absolute Gasteiger partial charge is 0.311 e. The van der Waals surface area contributed by atoms with Gasteiger partial charge in [-0.05, 0) is 37.6 Å². The highest BCUT2D eigenvalue weighted by molar-refractivity contribution is 6.00. The number of hydrogen-bond acceptors (Lipinski definition) is 3. The molecule has 0 unspecified atom stereocenters. The molecule has 0 radical (unpaired) electrons. The molecule has 4 heteroatoms.